The van der Waals surface area contributed by atoms with Crippen LogP contribution in [-0.2, 0) is 14.6 Å². The number of amides is 2. The number of sulfone groups is 1. The molecule has 0 aliphatic heterocycles. The third-order valence-electron chi connectivity index (χ3n) is 7.77. The van der Waals surface area contributed by atoms with Gasteiger partial charge in [-0.1, -0.05) is 11.6 Å². The molecule has 3 atom stereocenters. The molecule has 8 nitrogen and oxygen atoms in total. The van der Waals surface area contributed by atoms with Crippen molar-refractivity contribution in [2.75, 3.05) is 11.9 Å². The van der Waals surface area contributed by atoms with Gasteiger partial charge in [-0.05, 0) is 93.3 Å². The molecule has 0 aromatic heterocycles. The van der Waals surface area contributed by atoms with E-state index in [0.29, 0.717) is 24.1 Å². The highest BCUT2D eigenvalue weighted by Crippen LogP contribution is 2.53. The molecule has 38 heavy (non-hydrogen) atoms. The number of benzene rings is 2. The molecule has 206 valence electrons. The molecule has 2 aliphatic carbocycles. The Kier molecular flexibility index (Phi) is 8.18. The van der Waals surface area contributed by atoms with Crippen LogP contribution in [0, 0.1) is 24.6 Å². The van der Waals surface area contributed by atoms with Gasteiger partial charge in [-0.3, -0.25) is 9.59 Å². The Labute approximate surface area is 226 Å². The first-order valence-electron chi connectivity index (χ1n) is 12.6. The van der Waals surface area contributed by atoms with Crippen molar-refractivity contribution in [3.63, 3.8) is 0 Å². The van der Waals surface area contributed by atoms with Crippen molar-refractivity contribution in [3.05, 3.63) is 58.4 Å². The number of nitrogens with one attached hydrogen (secondary N) is 2. The maximum Gasteiger partial charge on any atom is 0.255 e. The minimum Gasteiger partial charge on any atom is -0.392 e. The molecule has 0 spiro atoms. The summed E-state index contributed by atoms with van der Waals surface area (Å²) in [7, 11) is -3.97. The van der Waals surface area contributed by atoms with Crippen LogP contribution in [-0.4, -0.2) is 53.9 Å². The van der Waals surface area contributed by atoms with Gasteiger partial charge in [0.15, 0.2) is 9.84 Å². The standard InChI is InChI=1S/C27H32ClFN2O6S/c1-15-9-20(6-8-23(15)29)31-26(34)17-3-7-22(28)24(10-17)38(36,37)21-11-18-4-5-19(12-21)27(18,35)13-25(33)30-14-16(2)32/h3,6-10,16,18-19,21,32,35H,4-5,11-14H2,1-2H3,(H,30,33)(H,31,34)/t16-,18?,19?,21?,27?/m0/s1. The summed E-state index contributed by atoms with van der Waals surface area (Å²) in [6.07, 6.45) is 0.671. The van der Waals surface area contributed by atoms with Gasteiger partial charge >= 0.3 is 0 Å². The van der Waals surface area contributed by atoms with E-state index in [9.17, 15) is 32.6 Å². The number of rotatable bonds is 8. The Balaban J connectivity index is 1.51. The number of carbonyl (C=O) groups excluding carboxylic acids is 2. The maximum atomic E-state index is 13.7. The Morgan fingerprint density at radius 1 is 1.16 bits per heavy atom. The van der Waals surface area contributed by atoms with Crippen LogP contribution < -0.4 is 10.6 Å². The number of fused-ring (bicyclic) bond motifs is 2. The van der Waals surface area contributed by atoms with Gasteiger partial charge in [0.25, 0.3) is 5.91 Å². The quantitative estimate of drug-likeness (QED) is 0.386. The van der Waals surface area contributed by atoms with Crippen LogP contribution in [0.1, 0.15) is 54.9 Å². The van der Waals surface area contributed by atoms with Crippen molar-refractivity contribution < 1.29 is 32.6 Å². The number of halogens is 2. The predicted octanol–water partition coefficient (Wildman–Crippen LogP) is 3.62. The summed E-state index contributed by atoms with van der Waals surface area (Å²) in [5, 5.41) is 25.2. The smallest absolute Gasteiger partial charge is 0.255 e. The van der Waals surface area contributed by atoms with Crippen molar-refractivity contribution >= 4 is 38.9 Å². The summed E-state index contributed by atoms with van der Waals surface area (Å²) >= 11 is 6.30. The molecule has 0 radical (unpaired) electrons. The fourth-order valence-corrected chi connectivity index (χ4v) is 8.10. The first-order valence-corrected chi connectivity index (χ1v) is 14.5. The van der Waals surface area contributed by atoms with Gasteiger partial charge in [0.1, 0.15) is 5.82 Å². The highest BCUT2D eigenvalue weighted by atomic mass is 35.5. The van der Waals surface area contributed by atoms with Crippen LogP contribution in [0.2, 0.25) is 5.02 Å². The zero-order valence-corrected chi connectivity index (χ0v) is 22.8. The molecule has 0 heterocycles. The van der Waals surface area contributed by atoms with Gasteiger partial charge in [-0.15, -0.1) is 0 Å². The fraction of sp³-hybridized carbons (Fsp3) is 0.481. The second-order valence-electron chi connectivity index (χ2n) is 10.5. The normalized spacial score (nSPS) is 25.6. The van der Waals surface area contributed by atoms with Gasteiger partial charge < -0.3 is 20.8 Å². The van der Waals surface area contributed by atoms with Gasteiger partial charge in [-0.2, -0.15) is 0 Å². The average molecular weight is 567 g/mol. The molecule has 0 saturated heterocycles. The summed E-state index contributed by atoms with van der Waals surface area (Å²) in [5.41, 5.74) is -0.503. The van der Waals surface area contributed by atoms with Gasteiger partial charge in [0.05, 0.1) is 33.3 Å². The van der Waals surface area contributed by atoms with E-state index in [1.807, 2.05) is 0 Å². The number of aryl methyl sites for hydroxylation is 1. The zero-order chi connectivity index (χ0) is 27.8. The van der Waals surface area contributed by atoms with E-state index in [-0.39, 0.29) is 59.0 Å². The average Bonchev–Trinajstić information content (AvgIpc) is 3.00. The molecule has 2 fully saturated rings. The van der Waals surface area contributed by atoms with Crippen molar-refractivity contribution in [1.82, 2.24) is 5.32 Å². The summed E-state index contributed by atoms with van der Waals surface area (Å²) in [6.45, 7) is 3.19. The maximum absolute atomic E-state index is 13.7. The largest absolute Gasteiger partial charge is 0.392 e. The van der Waals surface area contributed by atoms with Crippen LogP contribution in [0.3, 0.4) is 0 Å². The van der Waals surface area contributed by atoms with E-state index < -0.39 is 38.5 Å². The molecule has 2 amide bonds. The van der Waals surface area contributed by atoms with Crippen molar-refractivity contribution in [2.24, 2.45) is 11.8 Å². The summed E-state index contributed by atoms with van der Waals surface area (Å²) in [6, 6.07) is 8.15. The Hall–Kier alpha value is -2.53. The van der Waals surface area contributed by atoms with E-state index in [4.69, 9.17) is 11.6 Å². The van der Waals surface area contributed by atoms with Gasteiger partial charge in [0.2, 0.25) is 5.91 Å². The fourth-order valence-electron chi connectivity index (χ4n) is 5.70. The van der Waals surface area contributed by atoms with Crippen LogP contribution in [0.4, 0.5) is 10.1 Å². The van der Waals surface area contributed by atoms with Crippen molar-refractivity contribution in [2.45, 2.75) is 67.8 Å². The second kappa shape index (κ2) is 10.9. The summed E-state index contributed by atoms with van der Waals surface area (Å²) in [4.78, 5) is 25.1. The molecule has 4 N–H and O–H groups in total. The van der Waals surface area contributed by atoms with E-state index >= 15 is 0 Å². The van der Waals surface area contributed by atoms with E-state index in [2.05, 4.69) is 10.6 Å². The Morgan fingerprint density at radius 3 is 2.42 bits per heavy atom. The van der Waals surface area contributed by atoms with Gasteiger partial charge in [0, 0.05) is 17.8 Å². The number of aliphatic hydroxyl groups is 2. The van der Waals surface area contributed by atoms with E-state index in [1.54, 1.807) is 13.8 Å². The van der Waals surface area contributed by atoms with Crippen LogP contribution in [0.15, 0.2) is 41.3 Å². The molecule has 2 aliphatic rings. The first-order chi connectivity index (χ1) is 17.8. The lowest BCUT2D eigenvalue weighted by Crippen LogP contribution is -2.51. The molecular formula is C27H32ClFN2O6S. The number of hydrogen-bond acceptors (Lipinski definition) is 6. The number of hydrogen-bond donors (Lipinski definition) is 4. The van der Waals surface area contributed by atoms with Crippen LogP contribution >= 0.6 is 11.6 Å². The molecule has 2 unspecified atom stereocenters. The lowest BCUT2D eigenvalue weighted by atomic mass is 9.72. The zero-order valence-electron chi connectivity index (χ0n) is 21.2. The number of carbonyl (C=O) groups is 2. The lowest BCUT2D eigenvalue weighted by molar-refractivity contribution is -0.133. The molecule has 11 heteroatoms. The summed E-state index contributed by atoms with van der Waals surface area (Å²) in [5.74, 6) is -2.12. The topological polar surface area (TPSA) is 133 Å². The SMILES string of the molecule is Cc1cc(NC(=O)c2ccc(Cl)c(S(=O)(=O)C3CC4CCC(C3)C4(O)CC(=O)NC[C@H](C)O)c2)ccc1F. The summed E-state index contributed by atoms with van der Waals surface area (Å²) < 4.78 is 41.0. The Bertz CT molecular complexity index is 1340. The highest BCUT2D eigenvalue weighted by Gasteiger charge is 2.56. The van der Waals surface area contributed by atoms with Crippen LogP contribution in [0.25, 0.3) is 0 Å². The minimum atomic E-state index is -3.97. The molecule has 2 bridgehead atoms. The molecule has 4 rings (SSSR count). The third-order valence-corrected chi connectivity index (χ3v) is 10.4. The van der Waals surface area contributed by atoms with E-state index in [0.717, 1.165) is 0 Å². The minimum absolute atomic E-state index is 0.00939. The highest BCUT2D eigenvalue weighted by molar-refractivity contribution is 7.92. The van der Waals surface area contributed by atoms with E-state index in [1.165, 1.54) is 36.4 Å². The second-order valence-corrected chi connectivity index (χ2v) is 13.1. The lowest BCUT2D eigenvalue weighted by Gasteiger charge is -2.42. The molecule has 2 saturated carbocycles. The predicted molar refractivity (Wildman–Crippen MR) is 141 cm³/mol. The monoisotopic (exact) mass is 566 g/mol. The third kappa shape index (κ3) is 5.73. The van der Waals surface area contributed by atoms with Gasteiger partial charge in [-0.25, -0.2) is 12.8 Å². The molecule has 2 aromatic carbocycles. The number of aliphatic hydroxyl groups excluding tert-OH is 1. The molecule has 2 aromatic rings. The number of anilines is 1. The van der Waals surface area contributed by atoms with Crippen LogP contribution in [0.5, 0.6) is 0 Å². The first kappa shape index (κ1) is 28.5. The van der Waals surface area contributed by atoms with Crippen molar-refractivity contribution in [1.29, 1.82) is 0 Å². The van der Waals surface area contributed by atoms with Crippen molar-refractivity contribution in [3.8, 4) is 0 Å². The molecular weight excluding hydrogens is 535 g/mol. The Morgan fingerprint density at radius 2 is 1.82 bits per heavy atom.